The number of nitrogens with zero attached hydrogens (tertiary/aromatic N) is 4. The molecule has 2 saturated heterocycles. The molecular formula is C17H20IN5O3. The number of morpholine rings is 1. The molecule has 0 aromatic carbocycles. The van der Waals surface area contributed by atoms with Crippen LogP contribution >= 0.6 is 19.8 Å². The minimum atomic E-state index is -1.07. The van der Waals surface area contributed by atoms with Crippen LogP contribution in [0.2, 0.25) is 0 Å². The standard InChI is InChI=1S/C17H20IN5O3/c1-22-17(25)13(10-14(21-22)18-4-5-18)20-15-3-2-12(11-19-15)16(24)23-6-8-26-9-7-23/h2-3,10-11H,4-9H2,1H3,(H,19,20). The topological polar surface area (TPSA) is 89.3 Å². The first-order valence-electron chi connectivity index (χ1n) is 8.42. The third kappa shape index (κ3) is 3.73. The van der Waals surface area contributed by atoms with Gasteiger partial charge < -0.3 is 4.74 Å². The molecule has 0 spiro atoms. The second-order valence-corrected chi connectivity index (χ2v) is 12.0. The summed E-state index contributed by atoms with van der Waals surface area (Å²) < 4.78 is 10.3. The van der Waals surface area contributed by atoms with Crippen LogP contribution in [-0.4, -0.2) is 60.7 Å². The Morgan fingerprint density at radius 2 is 2.04 bits per heavy atom. The molecule has 2 aliphatic rings. The number of anilines is 2. The van der Waals surface area contributed by atoms with E-state index in [9.17, 15) is 9.59 Å². The van der Waals surface area contributed by atoms with E-state index in [2.05, 4.69) is 15.4 Å². The Bertz CT molecular complexity index is 873. The summed E-state index contributed by atoms with van der Waals surface area (Å²) in [7, 11) is 1.67. The van der Waals surface area contributed by atoms with E-state index in [1.165, 1.54) is 13.5 Å². The van der Waals surface area contributed by atoms with E-state index in [0.29, 0.717) is 43.4 Å². The van der Waals surface area contributed by atoms with Gasteiger partial charge in [0, 0.05) is 0 Å². The predicted octanol–water partition coefficient (Wildman–Crippen LogP) is 1.08. The van der Waals surface area contributed by atoms with Crippen molar-refractivity contribution < 1.29 is 9.53 Å². The first-order valence-corrected chi connectivity index (χ1v) is 12.5. The monoisotopic (exact) mass is 469 g/mol. The zero-order valence-electron chi connectivity index (χ0n) is 14.4. The summed E-state index contributed by atoms with van der Waals surface area (Å²) >= 11 is -1.07. The van der Waals surface area contributed by atoms with Crippen LogP contribution in [0.25, 0.3) is 0 Å². The van der Waals surface area contributed by atoms with Gasteiger partial charge in [0.05, 0.1) is 0 Å². The summed E-state index contributed by atoms with van der Waals surface area (Å²) in [4.78, 5) is 30.8. The van der Waals surface area contributed by atoms with Crippen LogP contribution in [0.1, 0.15) is 10.4 Å². The van der Waals surface area contributed by atoms with Crippen LogP contribution in [-0.2, 0) is 11.8 Å². The average molecular weight is 469 g/mol. The molecule has 0 bridgehead atoms. The van der Waals surface area contributed by atoms with E-state index in [1.807, 2.05) is 6.07 Å². The molecule has 0 aliphatic carbocycles. The maximum absolute atomic E-state index is 12.4. The number of halogens is 1. The molecule has 9 heteroatoms. The normalized spacial score (nSPS) is 17.9. The van der Waals surface area contributed by atoms with Crippen molar-refractivity contribution >= 4 is 37.2 Å². The molecular weight excluding hydrogens is 449 g/mol. The average Bonchev–Trinajstić information content (AvgIpc) is 3.51. The quantitative estimate of drug-likeness (QED) is 0.533. The van der Waals surface area contributed by atoms with E-state index in [4.69, 9.17) is 4.74 Å². The van der Waals surface area contributed by atoms with Crippen LogP contribution in [0.4, 0.5) is 11.5 Å². The number of carbonyl (C=O) groups excluding carboxylic acids is 1. The first-order chi connectivity index (χ1) is 12.6. The Hall–Kier alpha value is -2.01. The molecule has 8 nitrogen and oxygen atoms in total. The Kier molecular flexibility index (Phi) is 4.90. The molecule has 2 fully saturated rings. The third-order valence-corrected chi connectivity index (χ3v) is 8.50. The number of aryl methyl sites for hydroxylation is 1. The van der Waals surface area contributed by atoms with Crippen LogP contribution in [0.3, 0.4) is 0 Å². The van der Waals surface area contributed by atoms with Crippen molar-refractivity contribution in [3.05, 3.63) is 44.0 Å². The number of hydrogen-bond acceptors (Lipinski definition) is 6. The van der Waals surface area contributed by atoms with Crippen LogP contribution in [0.15, 0.2) is 29.2 Å². The molecule has 0 atom stereocenters. The van der Waals surface area contributed by atoms with Gasteiger partial charge in [-0.05, 0) is 0 Å². The van der Waals surface area contributed by atoms with Gasteiger partial charge in [-0.3, -0.25) is 0 Å². The van der Waals surface area contributed by atoms with Gasteiger partial charge in [0.1, 0.15) is 0 Å². The zero-order valence-corrected chi connectivity index (χ0v) is 16.6. The van der Waals surface area contributed by atoms with E-state index < -0.39 is 19.8 Å². The number of ether oxygens (including phenoxy) is 1. The number of hydrogen-bond donors (Lipinski definition) is 1. The van der Waals surface area contributed by atoms with E-state index in [1.54, 1.807) is 30.3 Å². The minimum absolute atomic E-state index is 0.0463. The summed E-state index contributed by atoms with van der Waals surface area (Å²) in [6.07, 6.45) is 1.55. The number of amides is 1. The molecule has 138 valence electrons. The summed E-state index contributed by atoms with van der Waals surface area (Å²) in [6.45, 7) is 2.33. The Labute approximate surface area is 157 Å². The molecule has 1 N–H and O–H groups in total. The van der Waals surface area contributed by atoms with Gasteiger partial charge in [0.2, 0.25) is 0 Å². The van der Waals surface area contributed by atoms with Crippen LogP contribution in [0.5, 0.6) is 0 Å². The van der Waals surface area contributed by atoms with Gasteiger partial charge in [-0.25, -0.2) is 0 Å². The van der Waals surface area contributed by atoms with E-state index in [0.717, 1.165) is 3.70 Å². The third-order valence-electron chi connectivity index (χ3n) is 4.26. The number of carbonyl (C=O) groups is 1. The predicted molar refractivity (Wildman–Crippen MR) is 106 cm³/mol. The molecule has 2 aliphatic heterocycles. The van der Waals surface area contributed by atoms with Crippen molar-refractivity contribution in [2.45, 2.75) is 0 Å². The number of rotatable bonds is 4. The van der Waals surface area contributed by atoms with Crippen LogP contribution < -0.4 is 10.9 Å². The number of aromatic nitrogens is 3. The van der Waals surface area contributed by atoms with Gasteiger partial charge in [-0.15, -0.1) is 0 Å². The number of nitrogens with one attached hydrogen (secondary N) is 1. The summed E-state index contributed by atoms with van der Waals surface area (Å²) in [6, 6.07) is 5.33. The molecule has 4 rings (SSSR count). The summed E-state index contributed by atoms with van der Waals surface area (Å²) in [5.74, 6) is 0.493. The molecule has 0 saturated carbocycles. The van der Waals surface area contributed by atoms with E-state index >= 15 is 0 Å². The molecule has 26 heavy (non-hydrogen) atoms. The van der Waals surface area contributed by atoms with Crippen molar-refractivity contribution in [3.8, 4) is 0 Å². The van der Waals surface area contributed by atoms with Gasteiger partial charge in [-0.1, -0.05) is 0 Å². The van der Waals surface area contributed by atoms with Gasteiger partial charge in [0.25, 0.3) is 0 Å². The molecule has 0 unspecified atom stereocenters. The fraction of sp³-hybridized carbons (Fsp3) is 0.412. The van der Waals surface area contributed by atoms with Gasteiger partial charge in [-0.2, -0.15) is 0 Å². The Balaban J connectivity index is 1.51. The zero-order chi connectivity index (χ0) is 18.1. The second kappa shape index (κ2) is 7.31. The fourth-order valence-electron chi connectivity index (χ4n) is 2.70. The van der Waals surface area contributed by atoms with Crippen molar-refractivity contribution in [1.82, 2.24) is 19.7 Å². The molecule has 4 heterocycles. The Morgan fingerprint density at radius 1 is 1.27 bits per heavy atom. The van der Waals surface area contributed by atoms with Crippen LogP contribution in [0, 0.1) is 3.70 Å². The molecule has 0 radical (unpaired) electrons. The second-order valence-electron chi connectivity index (χ2n) is 6.11. The van der Waals surface area contributed by atoms with Crippen molar-refractivity contribution in [2.75, 3.05) is 40.5 Å². The number of alkyl halides is 2. The molecule has 1 amide bonds. The maximum atomic E-state index is 12.4. The number of pyridine rings is 1. The summed E-state index contributed by atoms with van der Waals surface area (Å²) in [5.41, 5.74) is 0.843. The van der Waals surface area contributed by atoms with Crippen molar-refractivity contribution in [1.29, 1.82) is 0 Å². The van der Waals surface area contributed by atoms with Crippen molar-refractivity contribution in [2.24, 2.45) is 7.05 Å². The summed E-state index contributed by atoms with van der Waals surface area (Å²) in [5, 5.41) is 7.46. The van der Waals surface area contributed by atoms with Gasteiger partial charge in [0.15, 0.2) is 0 Å². The molecule has 2 aromatic rings. The molecule has 2 aromatic heterocycles. The first kappa shape index (κ1) is 17.4. The SMILES string of the molecule is Cn1nc(I2CC2)cc(Nc2ccc(C(=O)N3CCOCC3)cn2)c1=O. The van der Waals surface area contributed by atoms with Crippen molar-refractivity contribution in [3.63, 3.8) is 0 Å². The van der Waals surface area contributed by atoms with Gasteiger partial charge >= 0.3 is 153 Å². The van der Waals surface area contributed by atoms with E-state index in [-0.39, 0.29) is 11.5 Å². The Morgan fingerprint density at radius 3 is 2.69 bits per heavy atom. The fourth-order valence-corrected chi connectivity index (χ4v) is 6.76.